The smallest absolute Gasteiger partial charge is 0.333 e. The molecule has 3 aromatic rings. The van der Waals surface area contributed by atoms with Gasteiger partial charge >= 0.3 is 6.03 Å². The molecule has 0 saturated carbocycles. The summed E-state index contributed by atoms with van der Waals surface area (Å²) in [7, 11) is 0. The number of amides is 3. The van der Waals surface area contributed by atoms with E-state index in [4.69, 9.17) is 0 Å². The van der Waals surface area contributed by atoms with Crippen LogP contribution >= 0.6 is 0 Å². The number of anilines is 1. The van der Waals surface area contributed by atoms with Crippen LogP contribution in [0.3, 0.4) is 0 Å². The van der Waals surface area contributed by atoms with Gasteiger partial charge in [0.05, 0.1) is 5.69 Å². The Morgan fingerprint density at radius 1 is 0.880 bits per heavy atom. The lowest BCUT2D eigenvalue weighted by molar-refractivity contribution is -0.113. The largest absolute Gasteiger partial charge is 0.508 e. The molecule has 122 valence electrons. The van der Waals surface area contributed by atoms with Gasteiger partial charge in [-0.3, -0.25) is 4.79 Å². The van der Waals surface area contributed by atoms with E-state index in [9.17, 15) is 14.7 Å². The lowest BCUT2D eigenvalue weighted by Gasteiger charge is -2.14. The molecular formula is C20H14N2O3. The van der Waals surface area contributed by atoms with Crippen LogP contribution < -0.4 is 10.2 Å². The minimum Gasteiger partial charge on any atom is -0.508 e. The molecule has 1 heterocycles. The fourth-order valence-corrected chi connectivity index (χ4v) is 2.89. The highest BCUT2D eigenvalue weighted by Crippen LogP contribution is 2.30. The lowest BCUT2D eigenvalue weighted by atomic mass is 10.1. The van der Waals surface area contributed by atoms with Crippen LogP contribution in [0, 0.1) is 0 Å². The van der Waals surface area contributed by atoms with Gasteiger partial charge < -0.3 is 10.4 Å². The number of fused-ring (bicyclic) bond motifs is 1. The first-order chi connectivity index (χ1) is 12.1. The van der Waals surface area contributed by atoms with E-state index < -0.39 is 11.9 Å². The standard InChI is InChI=1S/C20H14N2O3/c23-15-10-8-13(9-11-15)12-17-19(24)22(20(25)21-17)18-7-3-5-14-4-1-2-6-16(14)18/h1-12,23H,(H,21,25). The van der Waals surface area contributed by atoms with Crippen molar-refractivity contribution in [1.29, 1.82) is 0 Å². The first-order valence-electron chi connectivity index (χ1n) is 7.77. The number of urea groups is 1. The van der Waals surface area contributed by atoms with Gasteiger partial charge in [-0.1, -0.05) is 48.5 Å². The molecule has 1 aliphatic rings. The fourth-order valence-electron chi connectivity index (χ4n) is 2.89. The van der Waals surface area contributed by atoms with Gasteiger partial charge in [0.15, 0.2) is 0 Å². The van der Waals surface area contributed by atoms with Gasteiger partial charge in [0, 0.05) is 5.39 Å². The Kier molecular flexibility index (Phi) is 3.47. The number of phenols is 1. The van der Waals surface area contributed by atoms with Crippen molar-refractivity contribution in [2.24, 2.45) is 0 Å². The van der Waals surface area contributed by atoms with Crippen LogP contribution in [-0.4, -0.2) is 17.0 Å². The number of phenolic OH excluding ortho intramolecular Hbond substituents is 1. The number of hydrogen-bond acceptors (Lipinski definition) is 3. The van der Waals surface area contributed by atoms with Crippen molar-refractivity contribution in [2.75, 3.05) is 4.90 Å². The maximum atomic E-state index is 12.8. The number of carbonyl (C=O) groups is 2. The summed E-state index contributed by atoms with van der Waals surface area (Å²) in [5.74, 6) is -0.268. The Bertz CT molecular complexity index is 1020. The maximum Gasteiger partial charge on any atom is 0.333 e. The van der Waals surface area contributed by atoms with Crippen LogP contribution in [0.2, 0.25) is 0 Å². The Labute approximate surface area is 143 Å². The van der Waals surface area contributed by atoms with Gasteiger partial charge in [-0.15, -0.1) is 0 Å². The first kappa shape index (κ1) is 15.0. The van der Waals surface area contributed by atoms with Crippen LogP contribution in [-0.2, 0) is 4.79 Å². The van der Waals surface area contributed by atoms with Crippen LogP contribution in [0.4, 0.5) is 10.5 Å². The average molecular weight is 330 g/mol. The molecule has 1 aliphatic heterocycles. The molecule has 0 aromatic heterocycles. The normalized spacial score (nSPS) is 15.8. The molecule has 3 amide bonds. The van der Waals surface area contributed by atoms with Crippen molar-refractivity contribution in [1.82, 2.24) is 5.32 Å². The summed E-state index contributed by atoms with van der Waals surface area (Å²) in [5, 5.41) is 13.7. The summed E-state index contributed by atoms with van der Waals surface area (Å²) >= 11 is 0. The molecule has 0 radical (unpaired) electrons. The Balaban J connectivity index is 1.75. The third kappa shape index (κ3) is 2.61. The molecule has 4 rings (SSSR count). The molecule has 3 aromatic carbocycles. The second kappa shape index (κ2) is 5.79. The van der Waals surface area contributed by atoms with Gasteiger partial charge in [-0.05, 0) is 35.2 Å². The van der Waals surface area contributed by atoms with E-state index in [-0.39, 0.29) is 11.4 Å². The second-order valence-electron chi connectivity index (χ2n) is 5.72. The number of rotatable bonds is 2. The summed E-state index contributed by atoms with van der Waals surface area (Å²) in [6.07, 6.45) is 1.59. The van der Waals surface area contributed by atoms with E-state index in [1.54, 1.807) is 24.3 Å². The molecule has 0 atom stereocenters. The van der Waals surface area contributed by atoms with E-state index >= 15 is 0 Å². The van der Waals surface area contributed by atoms with Crippen molar-refractivity contribution in [2.45, 2.75) is 0 Å². The van der Waals surface area contributed by atoms with E-state index in [0.717, 1.165) is 15.7 Å². The molecule has 1 saturated heterocycles. The molecule has 5 heteroatoms. The van der Waals surface area contributed by atoms with Crippen molar-refractivity contribution in [3.8, 4) is 5.75 Å². The topological polar surface area (TPSA) is 69.6 Å². The van der Waals surface area contributed by atoms with Crippen molar-refractivity contribution >= 4 is 34.5 Å². The fraction of sp³-hybridized carbons (Fsp3) is 0. The zero-order chi connectivity index (χ0) is 17.4. The minimum absolute atomic E-state index is 0.140. The van der Waals surface area contributed by atoms with Crippen LogP contribution in [0.5, 0.6) is 5.75 Å². The van der Waals surface area contributed by atoms with Gasteiger partial charge in [-0.25, -0.2) is 9.69 Å². The van der Waals surface area contributed by atoms with E-state index in [0.29, 0.717) is 11.3 Å². The van der Waals surface area contributed by atoms with Gasteiger partial charge in [0.1, 0.15) is 11.4 Å². The second-order valence-corrected chi connectivity index (χ2v) is 5.72. The SMILES string of the molecule is O=C1NC(=Cc2ccc(O)cc2)C(=O)N1c1cccc2ccccc12. The third-order valence-electron chi connectivity index (χ3n) is 4.09. The zero-order valence-corrected chi connectivity index (χ0v) is 13.1. The van der Waals surface area contributed by atoms with Gasteiger partial charge in [0.25, 0.3) is 5.91 Å². The number of aromatic hydroxyl groups is 1. The number of hydrogen-bond donors (Lipinski definition) is 2. The minimum atomic E-state index is -0.480. The van der Waals surface area contributed by atoms with Gasteiger partial charge in [0.2, 0.25) is 0 Å². The average Bonchev–Trinajstić information content (AvgIpc) is 2.90. The summed E-state index contributed by atoms with van der Waals surface area (Å²) in [6, 6.07) is 19.0. The maximum absolute atomic E-state index is 12.8. The number of benzene rings is 3. The molecule has 0 spiro atoms. The Morgan fingerprint density at radius 3 is 2.40 bits per heavy atom. The van der Waals surface area contributed by atoms with Crippen molar-refractivity contribution in [3.05, 3.63) is 78.0 Å². The molecule has 2 N–H and O–H groups in total. The monoisotopic (exact) mass is 330 g/mol. The first-order valence-corrected chi connectivity index (χ1v) is 7.77. The number of carbonyl (C=O) groups excluding carboxylic acids is 2. The molecule has 1 fully saturated rings. The van der Waals surface area contributed by atoms with Gasteiger partial charge in [-0.2, -0.15) is 0 Å². The van der Waals surface area contributed by atoms with Crippen molar-refractivity contribution < 1.29 is 14.7 Å². The van der Waals surface area contributed by atoms with E-state index in [1.807, 2.05) is 36.4 Å². The molecule has 0 aliphatic carbocycles. The molecule has 5 nitrogen and oxygen atoms in total. The highest BCUT2D eigenvalue weighted by molar-refractivity contribution is 6.30. The third-order valence-corrected chi connectivity index (χ3v) is 4.09. The van der Waals surface area contributed by atoms with Crippen LogP contribution in [0.25, 0.3) is 16.8 Å². The Morgan fingerprint density at radius 2 is 1.60 bits per heavy atom. The number of imide groups is 1. The molecule has 0 unspecified atom stereocenters. The number of nitrogens with one attached hydrogen (secondary N) is 1. The molecule has 25 heavy (non-hydrogen) atoms. The number of nitrogens with zero attached hydrogens (tertiary/aromatic N) is 1. The predicted octanol–water partition coefficient (Wildman–Crippen LogP) is 3.64. The highest BCUT2D eigenvalue weighted by atomic mass is 16.3. The van der Waals surface area contributed by atoms with Crippen molar-refractivity contribution in [3.63, 3.8) is 0 Å². The predicted molar refractivity (Wildman–Crippen MR) is 96.0 cm³/mol. The summed E-state index contributed by atoms with van der Waals surface area (Å²) in [4.78, 5) is 26.3. The lowest BCUT2D eigenvalue weighted by Crippen LogP contribution is -2.30. The zero-order valence-electron chi connectivity index (χ0n) is 13.1. The summed E-state index contributed by atoms with van der Waals surface area (Å²) in [5.41, 5.74) is 1.46. The summed E-state index contributed by atoms with van der Waals surface area (Å²) in [6.45, 7) is 0. The molecule has 0 bridgehead atoms. The van der Waals surface area contributed by atoms with Crippen LogP contribution in [0.1, 0.15) is 5.56 Å². The van der Waals surface area contributed by atoms with Crippen LogP contribution in [0.15, 0.2) is 72.4 Å². The van der Waals surface area contributed by atoms with E-state index in [1.165, 1.54) is 12.1 Å². The molecular weight excluding hydrogens is 316 g/mol. The van der Waals surface area contributed by atoms with E-state index in [2.05, 4.69) is 5.32 Å². The summed E-state index contributed by atoms with van der Waals surface area (Å²) < 4.78 is 0. The quantitative estimate of drug-likeness (QED) is 0.557. The Hall–Kier alpha value is -3.60. The highest BCUT2D eigenvalue weighted by Gasteiger charge is 2.35.